The minimum absolute atomic E-state index is 0.252. The molecule has 1 unspecified atom stereocenters. The summed E-state index contributed by atoms with van der Waals surface area (Å²) in [5.74, 6) is 0.196. The van der Waals surface area contributed by atoms with Crippen LogP contribution in [-0.4, -0.2) is 25.9 Å². The Morgan fingerprint density at radius 3 is 2.57 bits per heavy atom. The number of hydrogen-bond donors (Lipinski definition) is 0. The van der Waals surface area contributed by atoms with Crippen molar-refractivity contribution in [3.8, 4) is 11.5 Å². The van der Waals surface area contributed by atoms with E-state index in [1.54, 1.807) is 25.3 Å². The molecule has 0 aliphatic rings. The van der Waals surface area contributed by atoms with E-state index in [1.165, 1.54) is 0 Å². The third-order valence-corrected chi connectivity index (χ3v) is 4.19. The second kappa shape index (κ2) is 7.87. The van der Waals surface area contributed by atoms with Gasteiger partial charge in [0.1, 0.15) is 0 Å². The highest BCUT2D eigenvalue weighted by Gasteiger charge is 2.20. The van der Waals surface area contributed by atoms with Gasteiger partial charge in [-0.15, -0.1) is 10.2 Å². The lowest BCUT2D eigenvalue weighted by molar-refractivity contribution is 0.0280. The van der Waals surface area contributed by atoms with Gasteiger partial charge in [0.15, 0.2) is 6.10 Å². The zero-order valence-electron chi connectivity index (χ0n) is 15.2. The quantitative estimate of drug-likeness (QED) is 0.476. The molecule has 2 aromatic heterocycles. The van der Waals surface area contributed by atoms with E-state index in [0.717, 1.165) is 11.1 Å². The minimum atomic E-state index is -0.652. The van der Waals surface area contributed by atoms with E-state index in [9.17, 15) is 4.79 Å². The average Bonchev–Trinajstić information content (AvgIpc) is 3.41. The van der Waals surface area contributed by atoms with Gasteiger partial charge >= 0.3 is 5.97 Å². The van der Waals surface area contributed by atoms with Crippen LogP contribution in [0.5, 0.6) is 0 Å². The maximum atomic E-state index is 12.4. The number of ether oxygens (including phenoxy) is 1. The van der Waals surface area contributed by atoms with E-state index < -0.39 is 12.1 Å². The van der Waals surface area contributed by atoms with Crippen LogP contribution in [0.25, 0.3) is 11.5 Å². The third-order valence-electron chi connectivity index (χ3n) is 4.19. The molecule has 0 spiro atoms. The molecule has 2 heterocycles. The summed E-state index contributed by atoms with van der Waals surface area (Å²) in [5, 5.41) is 12.2. The summed E-state index contributed by atoms with van der Waals surface area (Å²) in [6.45, 7) is 2.34. The van der Waals surface area contributed by atoms with Crippen LogP contribution in [0.2, 0.25) is 0 Å². The molecule has 1 atom stereocenters. The van der Waals surface area contributed by atoms with Gasteiger partial charge in [-0.1, -0.05) is 30.3 Å². The van der Waals surface area contributed by atoms with Crippen molar-refractivity contribution < 1.29 is 13.9 Å². The zero-order chi connectivity index (χ0) is 19.3. The van der Waals surface area contributed by atoms with Crippen LogP contribution < -0.4 is 0 Å². The molecule has 0 N–H and O–H groups in total. The average molecular weight is 374 g/mol. The highest BCUT2D eigenvalue weighted by molar-refractivity contribution is 5.89. The molecule has 7 heteroatoms. The van der Waals surface area contributed by atoms with E-state index in [1.807, 2.05) is 59.4 Å². The van der Waals surface area contributed by atoms with Crippen LogP contribution in [0, 0.1) is 0 Å². The standard InChI is InChI=1S/C21H18N4O3/c1-15(19-23-24-20(28-19)17-6-3-2-4-7-17)27-21(26)18-10-8-16(9-11-18)14-25-13-5-12-22-25/h2-13,15H,14H2,1H3. The molecule has 0 amide bonds. The van der Waals surface area contributed by atoms with Crippen molar-refractivity contribution in [1.82, 2.24) is 20.0 Å². The largest absolute Gasteiger partial charge is 0.449 e. The molecule has 0 aliphatic heterocycles. The highest BCUT2D eigenvalue weighted by atomic mass is 16.6. The van der Waals surface area contributed by atoms with Crippen LogP contribution in [0.15, 0.2) is 77.5 Å². The lowest BCUT2D eigenvalue weighted by atomic mass is 10.1. The van der Waals surface area contributed by atoms with Gasteiger partial charge in [0.25, 0.3) is 5.89 Å². The van der Waals surface area contributed by atoms with Gasteiger partial charge in [-0.3, -0.25) is 4.68 Å². The second-order valence-corrected chi connectivity index (χ2v) is 6.26. The Hall–Kier alpha value is -3.74. The van der Waals surface area contributed by atoms with Crippen LogP contribution in [0.4, 0.5) is 0 Å². The van der Waals surface area contributed by atoms with Gasteiger partial charge in [0, 0.05) is 18.0 Å². The van der Waals surface area contributed by atoms with Gasteiger partial charge in [-0.05, 0) is 42.8 Å². The Morgan fingerprint density at radius 2 is 1.86 bits per heavy atom. The summed E-state index contributed by atoms with van der Waals surface area (Å²) < 4.78 is 12.9. The van der Waals surface area contributed by atoms with E-state index in [-0.39, 0.29) is 5.89 Å². The Balaban J connectivity index is 1.40. The van der Waals surface area contributed by atoms with Crippen molar-refractivity contribution in [2.75, 3.05) is 0 Å². The molecular weight excluding hydrogens is 356 g/mol. The van der Waals surface area contributed by atoms with Gasteiger partial charge in [-0.2, -0.15) is 5.10 Å². The van der Waals surface area contributed by atoms with Gasteiger partial charge < -0.3 is 9.15 Å². The lowest BCUT2D eigenvalue weighted by Crippen LogP contribution is -2.10. The molecule has 7 nitrogen and oxygen atoms in total. The maximum absolute atomic E-state index is 12.4. The maximum Gasteiger partial charge on any atom is 0.338 e. The monoisotopic (exact) mass is 374 g/mol. The molecule has 4 rings (SSSR count). The summed E-state index contributed by atoms with van der Waals surface area (Å²) >= 11 is 0. The molecule has 0 saturated heterocycles. The van der Waals surface area contributed by atoms with Crippen molar-refractivity contribution in [2.24, 2.45) is 0 Å². The molecular formula is C21H18N4O3. The number of carbonyl (C=O) groups is 1. The summed E-state index contributed by atoms with van der Waals surface area (Å²) in [5.41, 5.74) is 2.31. The molecule has 0 fully saturated rings. The number of carbonyl (C=O) groups excluding carboxylic acids is 1. The van der Waals surface area contributed by atoms with E-state index in [4.69, 9.17) is 9.15 Å². The molecule has 28 heavy (non-hydrogen) atoms. The number of rotatable bonds is 6. The minimum Gasteiger partial charge on any atom is -0.449 e. The van der Waals surface area contributed by atoms with E-state index >= 15 is 0 Å². The second-order valence-electron chi connectivity index (χ2n) is 6.26. The van der Waals surface area contributed by atoms with Crippen molar-refractivity contribution in [2.45, 2.75) is 19.6 Å². The third kappa shape index (κ3) is 3.98. The van der Waals surface area contributed by atoms with E-state index in [0.29, 0.717) is 18.0 Å². The first-order valence-corrected chi connectivity index (χ1v) is 8.85. The first-order valence-electron chi connectivity index (χ1n) is 8.85. The van der Waals surface area contributed by atoms with Crippen molar-refractivity contribution in [3.63, 3.8) is 0 Å². The van der Waals surface area contributed by atoms with Gasteiger partial charge in [-0.25, -0.2) is 4.79 Å². The van der Waals surface area contributed by atoms with Gasteiger partial charge in [0.2, 0.25) is 5.89 Å². The molecule has 2 aromatic carbocycles. The van der Waals surface area contributed by atoms with Crippen molar-refractivity contribution in [1.29, 1.82) is 0 Å². The molecule has 0 saturated carbocycles. The highest BCUT2D eigenvalue weighted by Crippen LogP contribution is 2.23. The normalized spacial score (nSPS) is 11.9. The summed E-state index contributed by atoms with van der Waals surface area (Å²) in [7, 11) is 0. The predicted molar refractivity (Wildman–Crippen MR) is 101 cm³/mol. The first-order chi connectivity index (χ1) is 13.7. The number of hydrogen-bond acceptors (Lipinski definition) is 6. The SMILES string of the molecule is CC(OC(=O)c1ccc(Cn2cccn2)cc1)c1nnc(-c2ccccc2)o1. The lowest BCUT2D eigenvalue weighted by Gasteiger charge is -2.10. The fraction of sp³-hybridized carbons (Fsp3) is 0.143. The number of nitrogens with zero attached hydrogens (tertiary/aromatic N) is 4. The van der Waals surface area contributed by atoms with Crippen LogP contribution >= 0.6 is 0 Å². The van der Waals surface area contributed by atoms with Crippen LogP contribution in [-0.2, 0) is 11.3 Å². The summed E-state index contributed by atoms with van der Waals surface area (Å²) in [4.78, 5) is 12.4. The smallest absolute Gasteiger partial charge is 0.338 e. The van der Waals surface area contributed by atoms with Crippen molar-refractivity contribution in [3.05, 3.63) is 90.1 Å². The molecule has 0 radical (unpaired) electrons. The summed E-state index contributed by atoms with van der Waals surface area (Å²) in [6, 6.07) is 18.5. The Morgan fingerprint density at radius 1 is 1.07 bits per heavy atom. The van der Waals surface area contributed by atoms with Crippen LogP contribution in [0.1, 0.15) is 34.8 Å². The van der Waals surface area contributed by atoms with Crippen LogP contribution in [0.3, 0.4) is 0 Å². The summed E-state index contributed by atoms with van der Waals surface area (Å²) in [6.07, 6.45) is 2.97. The molecule has 4 aromatic rings. The zero-order valence-corrected chi connectivity index (χ0v) is 15.2. The van der Waals surface area contributed by atoms with Crippen molar-refractivity contribution >= 4 is 5.97 Å². The number of aromatic nitrogens is 4. The Bertz CT molecular complexity index is 1040. The van der Waals surface area contributed by atoms with Gasteiger partial charge in [0.05, 0.1) is 12.1 Å². The van der Waals surface area contributed by atoms with E-state index in [2.05, 4.69) is 15.3 Å². The number of benzene rings is 2. The topological polar surface area (TPSA) is 83.0 Å². The molecule has 0 bridgehead atoms. The predicted octanol–water partition coefficient (Wildman–Crippen LogP) is 3.90. The number of esters is 1. The fourth-order valence-corrected chi connectivity index (χ4v) is 2.70. The first kappa shape index (κ1) is 17.7. The Kier molecular flexibility index (Phi) is 4.97. The fourth-order valence-electron chi connectivity index (χ4n) is 2.70. The molecule has 0 aliphatic carbocycles. The molecule has 140 valence electrons. The Labute approximate surface area is 161 Å².